The van der Waals surface area contributed by atoms with E-state index in [1.54, 1.807) is 0 Å². The highest BCUT2D eigenvalue weighted by Gasteiger charge is 2.10. The third-order valence-corrected chi connectivity index (χ3v) is 5.68. The molecule has 0 fully saturated rings. The molecule has 0 amide bonds. The highest BCUT2D eigenvalue weighted by Crippen LogP contribution is 2.25. The second kappa shape index (κ2) is 9.85. The number of ether oxygens (including phenoxy) is 1. The largest absolute Gasteiger partial charge is 0.478 e. The maximum atomic E-state index is 5.75. The van der Waals surface area contributed by atoms with Gasteiger partial charge < -0.3 is 9.64 Å². The standard InChI is InChI=1S/C28H27N5O/c1-32(2)17-6-18-34-27-16-11-23(19-29-27)25-14-15-26-28(31-25)33(20-30-26)24-12-9-22(10-13-24)21-7-4-3-5-8-21/h3-5,7-16,19-20H,6,17-18H2,1-2H3. The number of hydrogen-bond acceptors (Lipinski definition) is 5. The molecule has 3 heterocycles. The normalized spacial score (nSPS) is 11.3. The number of rotatable bonds is 8. The lowest BCUT2D eigenvalue weighted by Crippen LogP contribution is -2.15. The van der Waals surface area contributed by atoms with E-state index < -0.39 is 0 Å². The quantitative estimate of drug-likeness (QED) is 0.294. The Morgan fingerprint density at radius 2 is 1.56 bits per heavy atom. The number of nitrogens with zero attached hydrogens (tertiary/aromatic N) is 5. The molecule has 0 saturated heterocycles. The summed E-state index contributed by atoms with van der Waals surface area (Å²) >= 11 is 0. The van der Waals surface area contributed by atoms with Crippen molar-refractivity contribution in [3.05, 3.63) is 91.4 Å². The number of aromatic nitrogens is 4. The molecule has 5 aromatic rings. The number of fused-ring (bicyclic) bond motifs is 1. The Labute approximate surface area is 199 Å². The van der Waals surface area contributed by atoms with E-state index in [0.717, 1.165) is 41.1 Å². The van der Waals surface area contributed by atoms with E-state index in [1.165, 1.54) is 11.1 Å². The molecule has 0 aliphatic rings. The second-order valence-corrected chi connectivity index (χ2v) is 8.46. The molecule has 0 atom stereocenters. The van der Waals surface area contributed by atoms with Crippen molar-refractivity contribution in [1.82, 2.24) is 24.4 Å². The van der Waals surface area contributed by atoms with Gasteiger partial charge in [-0.15, -0.1) is 0 Å². The van der Waals surface area contributed by atoms with Gasteiger partial charge >= 0.3 is 0 Å². The molecule has 0 radical (unpaired) electrons. The van der Waals surface area contributed by atoms with Crippen molar-refractivity contribution in [2.75, 3.05) is 27.2 Å². The molecule has 3 aromatic heterocycles. The lowest BCUT2D eigenvalue weighted by molar-refractivity contribution is 0.273. The van der Waals surface area contributed by atoms with Gasteiger partial charge in [-0.3, -0.25) is 4.57 Å². The summed E-state index contributed by atoms with van der Waals surface area (Å²) in [6.45, 7) is 1.64. The molecule has 6 nitrogen and oxygen atoms in total. The predicted molar refractivity (Wildman–Crippen MR) is 136 cm³/mol. The smallest absolute Gasteiger partial charge is 0.213 e. The zero-order valence-corrected chi connectivity index (χ0v) is 19.4. The first-order chi connectivity index (χ1) is 16.7. The van der Waals surface area contributed by atoms with Crippen LogP contribution in [-0.2, 0) is 0 Å². The van der Waals surface area contributed by atoms with E-state index in [1.807, 2.05) is 47.4 Å². The highest BCUT2D eigenvalue weighted by atomic mass is 16.5. The molecule has 5 rings (SSSR count). The summed E-state index contributed by atoms with van der Waals surface area (Å²) in [5.74, 6) is 0.632. The molecule has 0 N–H and O–H groups in total. The Balaban J connectivity index is 1.36. The van der Waals surface area contributed by atoms with Gasteiger partial charge in [0, 0.05) is 30.1 Å². The van der Waals surface area contributed by atoms with Crippen LogP contribution in [0.1, 0.15) is 6.42 Å². The molecular formula is C28H27N5O. The lowest BCUT2D eigenvalue weighted by atomic mass is 10.1. The molecule has 170 valence electrons. The van der Waals surface area contributed by atoms with Gasteiger partial charge in [0.1, 0.15) is 11.8 Å². The number of hydrogen-bond donors (Lipinski definition) is 0. The molecule has 0 spiro atoms. The molecule has 0 saturated carbocycles. The van der Waals surface area contributed by atoms with Crippen LogP contribution in [0.5, 0.6) is 5.88 Å². The predicted octanol–water partition coefficient (Wildman–Crippen LogP) is 5.48. The van der Waals surface area contributed by atoms with E-state index >= 15 is 0 Å². The zero-order valence-electron chi connectivity index (χ0n) is 19.4. The van der Waals surface area contributed by atoms with Crippen LogP contribution in [0, 0.1) is 0 Å². The van der Waals surface area contributed by atoms with Gasteiger partial charge in [-0.2, -0.15) is 0 Å². The van der Waals surface area contributed by atoms with Crippen molar-refractivity contribution in [2.45, 2.75) is 6.42 Å². The Kier molecular flexibility index (Phi) is 6.31. The van der Waals surface area contributed by atoms with Crippen LogP contribution in [-0.4, -0.2) is 51.7 Å². The average Bonchev–Trinajstić information content (AvgIpc) is 3.31. The summed E-state index contributed by atoms with van der Waals surface area (Å²) in [4.78, 5) is 16.0. The van der Waals surface area contributed by atoms with E-state index in [-0.39, 0.29) is 0 Å². The van der Waals surface area contributed by atoms with Gasteiger partial charge in [-0.25, -0.2) is 15.0 Å². The minimum absolute atomic E-state index is 0.632. The maximum absolute atomic E-state index is 5.75. The van der Waals surface area contributed by atoms with Gasteiger partial charge in [0.2, 0.25) is 5.88 Å². The lowest BCUT2D eigenvalue weighted by Gasteiger charge is -2.10. The van der Waals surface area contributed by atoms with Crippen LogP contribution in [0.3, 0.4) is 0 Å². The molecule has 6 heteroatoms. The summed E-state index contributed by atoms with van der Waals surface area (Å²) in [6.07, 6.45) is 4.59. The Morgan fingerprint density at radius 3 is 2.29 bits per heavy atom. The summed E-state index contributed by atoms with van der Waals surface area (Å²) < 4.78 is 7.77. The summed E-state index contributed by atoms with van der Waals surface area (Å²) in [5.41, 5.74) is 6.85. The highest BCUT2D eigenvalue weighted by molar-refractivity contribution is 5.77. The van der Waals surface area contributed by atoms with Crippen molar-refractivity contribution in [3.63, 3.8) is 0 Å². The fourth-order valence-corrected chi connectivity index (χ4v) is 3.86. The third-order valence-electron chi connectivity index (χ3n) is 5.68. The van der Waals surface area contributed by atoms with Crippen molar-refractivity contribution < 1.29 is 4.74 Å². The van der Waals surface area contributed by atoms with Crippen LogP contribution in [0.4, 0.5) is 0 Å². The SMILES string of the molecule is CN(C)CCCOc1ccc(-c2ccc3ncn(-c4ccc(-c5ccccc5)cc4)c3n2)cn1. The number of benzene rings is 2. The van der Waals surface area contributed by atoms with Gasteiger partial charge in [0.25, 0.3) is 0 Å². The van der Waals surface area contributed by atoms with Crippen LogP contribution in [0.2, 0.25) is 0 Å². The molecular weight excluding hydrogens is 422 g/mol. The fourth-order valence-electron chi connectivity index (χ4n) is 3.86. The van der Waals surface area contributed by atoms with Crippen molar-refractivity contribution >= 4 is 11.2 Å². The number of imidazole rings is 1. The Hall–Kier alpha value is -4.03. The third kappa shape index (κ3) is 4.82. The molecule has 34 heavy (non-hydrogen) atoms. The molecule has 0 aliphatic heterocycles. The average molecular weight is 450 g/mol. The van der Waals surface area contributed by atoms with Crippen LogP contribution < -0.4 is 4.74 Å². The zero-order chi connectivity index (χ0) is 23.3. The molecule has 0 unspecified atom stereocenters. The molecule has 0 bridgehead atoms. The Bertz CT molecular complexity index is 1360. The summed E-state index contributed by atoms with van der Waals surface area (Å²) in [6, 6.07) is 26.7. The fraction of sp³-hybridized carbons (Fsp3) is 0.179. The minimum Gasteiger partial charge on any atom is -0.478 e. The maximum Gasteiger partial charge on any atom is 0.213 e. The van der Waals surface area contributed by atoms with Gasteiger partial charge in [-0.05, 0) is 62.0 Å². The van der Waals surface area contributed by atoms with Crippen LogP contribution >= 0.6 is 0 Å². The van der Waals surface area contributed by atoms with Crippen LogP contribution in [0.15, 0.2) is 91.4 Å². The van der Waals surface area contributed by atoms with Crippen molar-refractivity contribution in [1.29, 1.82) is 0 Å². The molecule has 2 aromatic carbocycles. The van der Waals surface area contributed by atoms with E-state index in [9.17, 15) is 0 Å². The first-order valence-electron chi connectivity index (χ1n) is 11.4. The van der Waals surface area contributed by atoms with E-state index in [2.05, 4.69) is 77.5 Å². The minimum atomic E-state index is 0.632. The molecule has 0 aliphatic carbocycles. The van der Waals surface area contributed by atoms with Gasteiger partial charge in [0.05, 0.1) is 12.3 Å². The van der Waals surface area contributed by atoms with E-state index in [4.69, 9.17) is 9.72 Å². The monoisotopic (exact) mass is 449 g/mol. The summed E-state index contributed by atoms with van der Waals surface area (Å²) in [7, 11) is 4.12. The Morgan fingerprint density at radius 1 is 0.794 bits per heavy atom. The van der Waals surface area contributed by atoms with Crippen LogP contribution in [0.25, 0.3) is 39.2 Å². The van der Waals surface area contributed by atoms with Gasteiger partial charge in [-0.1, -0.05) is 42.5 Å². The first-order valence-corrected chi connectivity index (χ1v) is 11.4. The second-order valence-electron chi connectivity index (χ2n) is 8.46. The van der Waals surface area contributed by atoms with Gasteiger partial charge in [0.15, 0.2) is 5.65 Å². The summed E-state index contributed by atoms with van der Waals surface area (Å²) in [5, 5.41) is 0. The van der Waals surface area contributed by atoms with Crippen molar-refractivity contribution in [3.8, 4) is 34.0 Å². The topological polar surface area (TPSA) is 56.1 Å². The van der Waals surface area contributed by atoms with Crippen molar-refractivity contribution in [2.24, 2.45) is 0 Å². The number of pyridine rings is 2. The van der Waals surface area contributed by atoms with E-state index in [0.29, 0.717) is 12.5 Å². The first kappa shape index (κ1) is 21.8.